The molecule has 3 saturated carbocycles. The van der Waals surface area contributed by atoms with Crippen LogP contribution in [0.5, 0.6) is 0 Å². The number of hydrogen-bond donors (Lipinski definition) is 4. The van der Waals surface area contributed by atoms with E-state index in [1.807, 2.05) is 6.92 Å². The van der Waals surface area contributed by atoms with Crippen LogP contribution >= 0.6 is 11.6 Å². The maximum Gasteiger partial charge on any atom is 0.253 e. The minimum absolute atomic E-state index is 0.0607. The van der Waals surface area contributed by atoms with E-state index in [2.05, 4.69) is 37.1 Å². The number of carbonyl (C=O) groups excluding carboxylic acids is 3. The molecule has 18 heteroatoms. The van der Waals surface area contributed by atoms with Crippen LogP contribution in [0.15, 0.2) is 46.3 Å². The molecule has 61 heavy (non-hydrogen) atoms. The number of imide groups is 1. The van der Waals surface area contributed by atoms with E-state index in [9.17, 15) is 32.7 Å². The maximum absolute atomic E-state index is 13.6. The average molecular weight is 876 g/mol. The summed E-state index contributed by atoms with van der Waals surface area (Å²) >= 11 is 6.68. The minimum Gasteiger partial charge on any atom is -0.393 e. The molecule has 3 aliphatic heterocycles. The topological polar surface area (TPSA) is 199 Å². The quantitative estimate of drug-likeness (QED) is 0.214. The number of benzene rings is 1. The number of piperazine rings is 1. The van der Waals surface area contributed by atoms with E-state index in [1.165, 1.54) is 16.8 Å². The molecule has 1 aromatic carbocycles. The Morgan fingerprint density at radius 2 is 1.80 bits per heavy atom. The number of nitrogens with zero attached hydrogens (tertiary/aromatic N) is 6. The molecular weight excluding hydrogens is 822 g/mol. The summed E-state index contributed by atoms with van der Waals surface area (Å²) in [5.41, 5.74) is 2.00. The Balaban J connectivity index is 0.773. The number of anilines is 4. The normalized spacial score (nSPS) is 27.9. The van der Waals surface area contributed by atoms with Gasteiger partial charge in [-0.05, 0) is 114 Å². The van der Waals surface area contributed by atoms with Crippen molar-refractivity contribution in [1.82, 2.24) is 29.5 Å². The molecule has 3 aromatic rings. The SMILES string of the molecule is Cc1cc(S(=O)(=O)NC2CCC(CN3CCN(c4cc(=O)n(C5CCC(=O)NC5=O)cc4Cl)C[C@@H]3C)CC2)ccc1Nc1ncc2c(n1)N(C1CCC[C@@H](O)C1)C(=O)C21CC1. The molecule has 9 rings (SSSR count). The first kappa shape index (κ1) is 41.9. The van der Waals surface area contributed by atoms with Crippen molar-refractivity contribution >= 4 is 62.5 Å². The zero-order valence-corrected chi connectivity index (χ0v) is 36.2. The number of nitrogens with one attached hydrogen (secondary N) is 3. The first-order valence-corrected chi connectivity index (χ1v) is 23.6. The predicted octanol–water partition coefficient (Wildman–Crippen LogP) is 4.05. The van der Waals surface area contributed by atoms with Crippen LogP contribution in [0.2, 0.25) is 5.02 Å². The number of amides is 3. The maximum atomic E-state index is 13.6. The Hall–Kier alpha value is -4.42. The number of pyridine rings is 1. The molecule has 3 amide bonds. The third kappa shape index (κ3) is 8.19. The van der Waals surface area contributed by atoms with Gasteiger partial charge in [0.2, 0.25) is 33.7 Å². The zero-order chi connectivity index (χ0) is 42.8. The van der Waals surface area contributed by atoms with Gasteiger partial charge in [-0.25, -0.2) is 18.1 Å². The van der Waals surface area contributed by atoms with Gasteiger partial charge in [-0.15, -0.1) is 0 Å². The number of aryl methyl sites for hydroxylation is 1. The number of aromatic nitrogens is 3. The van der Waals surface area contributed by atoms with Crippen LogP contribution < -0.4 is 30.7 Å². The summed E-state index contributed by atoms with van der Waals surface area (Å²) in [6.07, 6.45) is 11.1. The fraction of sp³-hybridized carbons (Fsp3) is 0.581. The van der Waals surface area contributed by atoms with E-state index in [1.54, 1.807) is 29.3 Å². The fourth-order valence-electron chi connectivity index (χ4n) is 10.3. The fourth-order valence-corrected chi connectivity index (χ4v) is 12.0. The van der Waals surface area contributed by atoms with Gasteiger partial charge in [0, 0.05) is 80.4 Å². The van der Waals surface area contributed by atoms with Gasteiger partial charge in [-0.2, -0.15) is 4.98 Å². The van der Waals surface area contributed by atoms with Crippen molar-refractivity contribution in [2.45, 2.75) is 131 Å². The molecule has 16 nitrogen and oxygen atoms in total. The number of halogens is 1. The van der Waals surface area contributed by atoms with Crippen molar-refractivity contribution in [1.29, 1.82) is 0 Å². The van der Waals surface area contributed by atoms with Gasteiger partial charge >= 0.3 is 0 Å². The summed E-state index contributed by atoms with van der Waals surface area (Å²) in [7, 11) is -3.78. The van der Waals surface area contributed by atoms with Gasteiger partial charge in [0.15, 0.2) is 0 Å². The number of fused-ring (bicyclic) bond motifs is 2. The minimum atomic E-state index is -3.78. The highest BCUT2D eigenvalue weighted by Gasteiger charge is 2.61. The summed E-state index contributed by atoms with van der Waals surface area (Å²) < 4.78 is 31.5. The van der Waals surface area contributed by atoms with E-state index >= 15 is 0 Å². The lowest BCUT2D eigenvalue weighted by atomic mass is 9.86. The molecule has 2 aromatic heterocycles. The highest BCUT2D eigenvalue weighted by atomic mass is 35.5. The molecule has 3 aliphatic carbocycles. The second-order valence-corrected chi connectivity index (χ2v) is 20.2. The van der Waals surface area contributed by atoms with Crippen molar-refractivity contribution in [3.8, 4) is 0 Å². The lowest BCUT2D eigenvalue weighted by Crippen LogP contribution is -2.53. The number of carbonyl (C=O) groups is 3. The van der Waals surface area contributed by atoms with Gasteiger partial charge in [0.05, 0.1) is 27.1 Å². The van der Waals surface area contributed by atoms with Crippen LogP contribution in [0.3, 0.4) is 0 Å². The summed E-state index contributed by atoms with van der Waals surface area (Å²) in [6.45, 7) is 7.05. The summed E-state index contributed by atoms with van der Waals surface area (Å²) in [6, 6.07) is 5.62. The monoisotopic (exact) mass is 875 g/mol. The number of aliphatic hydroxyl groups is 1. The van der Waals surface area contributed by atoms with E-state index in [0.29, 0.717) is 59.2 Å². The Morgan fingerprint density at radius 1 is 1.02 bits per heavy atom. The molecule has 1 spiro atoms. The summed E-state index contributed by atoms with van der Waals surface area (Å²) in [4.78, 5) is 66.7. The van der Waals surface area contributed by atoms with Crippen LogP contribution in [0.4, 0.5) is 23.1 Å². The largest absolute Gasteiger partial charge is 0.393 e. The van der Waals surface area contributed by atoms with Crippen molar-refractivity contribution < 1.29 is 27.9 Å². The molecule has 0 radical (unpaired) electrons. The van der Waals surface area contributed by atoms with Gasteiger partial charge in [-0.3, -0.25) is 34.3 Å². The third-order valence-electron chi connectivity index (χ3n) is 14.0. The zero-order valence-electron chi connectivity index (χ0n) is 34.6. The van der Waals surface area contributed by atoms with Crippen molar-refractivity contribution in [2.24, 2.45) is 5.92 Å². The Morgan fingerprint density at radius 3 is 2.51 bits per heavy atom. The van der Waals surface area contributed by atoms with Crippen LogP contribution in [-0.4, -0.2) is 101 Å². The number of hydrogen-bond acceptors (Lipinski definition) is 12. The van der Waals surface area contributed by atoms with Crippen molar-refractivity contribution in [2.75, 3.05) is 41.3 Å². The first-order chi connectivity index (χ1) is 29.2. The number of aliphatic hydroxyl groups excluding tert-OH is 1. The van der Waals surface area contributed by atoms with E-state index < -0.39 is 33.5 Å². The van der Waals surface area contributed by atoms with E-state index in [4.69, 9.17) is 16.6 Å². The number of sulfonamides is 1. The van der Waals surface area contributed by atoms with Crippen LogP contribution in [0, 0.1) is 12.8 Å². The molecule has 6 aliphatic rings. The Kier molecular flexibility index (Phi) is 11.2. The molecule has 2 unspecified atom stereocenters. The Labute approximate surface area is 360 Å². The second kappa shape index (κ2) is 16.4. The Bertz CT molecular complexity index is 2420. The standard InChI is InChI=1S/C43H54ClN9O7S/c1-25-18-31(10-11-34(25)46-42-45-21-32-39(48-42)53(41(58)43(32)14-15-43)29-4-3-5-30(54)19-29)61(59,60)49-28-8-6-27(7-9-28)23-50-16-17-51(22-26(50)2)36-20-38(56)52(24-33(36)44)35-12-13-37(55)47-40(35)57/h10-11,18,20-21,24,26-30,35,49,54H,3-9,12-17,19,22-23H2,1-2H3,(H,45,46,48)(H,47,55,57)/t26-,27?,28?,29?,30+,35?/m0/s1. The lowest BCUT2D eigenvalue weighted by Gasteiger charge is -2.43. The van der Waals surface area contributed by atoms with E-state index in [0.717, 1.165) is 76.4 Å². The predicted molar refractivity (Wildman–Crippen MR) is 230 cm³/mol. The van der Waals surface area contributed by atoms with Gasteiger partial charge in [0.1, 0.15) is 11.9 Å². The lowest BCUT2D eigenvalue weighted by molar-refractivity contribution is -0.135. The van der Waals surface area contributed by atoms with Crippen LogP contribution in [0.1, 0.15) is 101 Å². The van der Waals surface area contributed by atoms with Crippen LogP contribution in [-0.2, 0) is 29.8 Å². The first-order valence-electron chi connectivity index (χ1n) is 21.7. The molecule has 4 N–H and O–H groups in total. The smallest absolute Gasteiger partial charge is 0.253 e. The number of rotatable bonds is 10. The molecule has 326 valence electrons. The van der Waals surface area contributed by atoms with E-state index in [-0.39, 0.29) is 53.2 Å². The van der Waals surface area contributed by atoms with Gasteiger partial charge in [-0.1, -0.05) is 11.6 Å². The molecular formula is C43H54ClN9O7S. The van der Waals surface area contributed by atoms with Crippen molar-refractivity contribution in [3.63, 3.8) is 0 Å². The van der Waals surface area contributed by atoms with Crippen LogP contribution in [0.25, 0.3) is 0 Å². The molecule has 0 bridgehead atoms. The summed E-state index contributed by atoms with van der Waals surface area (Å²) in [5.74, 6) is 0.597. The molecule has 4 atom stereocenters. The molecule has 5 heterocycles. The second-order valence-electron chi connectivity index (χ2n) is 18.1. The molecule has 2 saturated heterocycles. The number of piperidine rings is 1. The summed E-state index contributed by atoms with van der Waals surface area (Å²) in [5, 5.41) is 16.3. The third-order valence-corrected chi connectivity index (χ3v) is 15.8. The molecule has 5 fully saturated rings. The highest BCUT2D eigenvalue weighted by molar-refractivity contribution is 7.89. The van der Waals surface area contributed by atoms with Crippen molar-refractivity contribution in [3.05, 3.63) is 63.2 Å². The average Bonchev–Trinajstić information content (AvgIpc) is 3.99. The van der Waals surface area contributed by atoms with Gasteiger partial charge < -0.3 is 19.9 Å². The van der Waals surface area contributed by atoms with Gasteiger partial charge in [0.25, 0.3) is 5.56 Å². The highest BCUT2D eigenvalue weighted by Crippen LogP contribution is 2.57.